The normalized spacial score (nSPS) is 10.1. The highest BCUT2D eigenvalue weighted by Gasteiger charge is 2.09. The first-order valence-corrected chi connectivity index (χ1v) is 6.42. The van der Waals surface area contributed by atoms with Gasteiger partial charge in [0.15, 0.2) is 17.3 Å². The van der Waals surface area contributed by atoms with Gasteiger partial charge in [0, 0.05) is 19.2 Å². The van der Waals surface area contributed by atoms with Crippen molar-refractivity contribution in [2.45, 2.75) is 12.8 Å². The largest absolute Gasteiger partial charge is 0.504 e. The van der Waals surface area contributed by atoms with Crippen molar-refractivity contribution in [2.24, 2.45) is 0 Å². The standard InChI is InChI=1S/C14H15N3O4/c18-10-4-1-7-15-13(10)17-12(19)6-2-8-16-14(20)11-5-3-9-21-11/h1,3-5,7,9,18H,2,6,8H2,(H,16,20)(H,15,17,19). The van der Waals surface area contributed by atoms with Crippen LogP contribution in [0.2, 0.25) is 0 Å². The van der Waals surface area contributed by atoms with E-state index in [9.17, 15) is 14.7 Å². The van der Waals surface area contributed by atoms with Crippen LogP contribution in [0.3, 0.4) is 0 Å². The number of carbonyl (C=O) groups excluding carboxylic acids is 2. The average Bonchev–Trinajstić information content (AvgIpc) is 3.00. The van der Waals surface area contributed by atoms with Crippen LogP contribution >= 0.6 is 0 Å². The minimum atomic E-state index is -0.317. The van der Waals surface area contributed by atoms with Gasteiger partial charge in [-0.2, -0.15) is 0 Å². The minimum Gasteiger partial charge on any atom is -0.504 e. The molecule has 3 N–H and O–H groups in total. The summed E-state index contributed by atoms with van der Waals surface area (Å²) in [5.41, 5.74) is 0. The van der Waals surface area contributed by atoms with Gasteiger partial charge in [-0.3, -0.25) is 9.59 Å². The van der Waals surface area contributed by atoms with Crippen LogP contribution in [-0.4, -0.2) is 28.4 Å². The van der Waals surface area contributed by atoms with Gasteiger partial charge >= 0.3 is 0 Å². The van der Waals surface area contributed by atoms with Crippen LogP contribution in [0.5, 0.6) is 5.75 Å². The molecule has 0 spiro atoms. The predicted molar refractivity (Wildman–Crippen MR) is 74.8 cm³/mol. The van der Waals surface area contributed by atoms with Crippen molar-refractivity contribution < 1.29 is 19.1 Å². The number of aromatic nitrogens is 1. The van der Waals surface area contributed by atoms with Crippen LogP contribution in [0.1, 0.15) is 23.4 Å². The molecule has 110 valence electrons. The molecule has 2 amide bonds. The zero-order valence-electron chi connectivity index (χ0n) is 11.2. The Morgan fingerprint density at radius 2 is 2.14 bits per heavy atom. The molecular formula is C14H15N3O4. The lowest BCUT2D eigenvalue weighted by molar-refractivity contribution is -0.116. The molecule has 0 aromatic carbocycles. The molecule has 2 aromatic heterocycles. The molecule has 21 heavy (non-hydrogen) atoms. The van der Waals surface area contributed by atoms with E-state index in [1.807, 2.05) is 0 Å². The van der Waals surface area contributed by atoms with E-state index in [2.05, 4.69) is 15.6 Å². The lowest BCUT2D eigenvalue weighted by Gasteiger charge is -2.06. The van der Waals surface area contributed by atoms with Crippen molar-refractivity contribution in [2.75, 3.05) is 11.9 Å². The second-order valence-electron chi connectivity index (χ2n) is 4.26. The van der Waals surface area contributed by atoms with E-state index in [-0.39, 0.29) is 35.6 Å². The van der Waals surface area contributed by atoms with Gasteiger partial charge in [0.1, 0.15) is 0 Å². The molecule has 0 unspecified atom stereocenters. The molecule has 0 saturated heterocycles. The Morgan fingerprint density at radius 3 is 2.86 bits per heavy atom. The molecule has 2 aromatic rings. The van der Waals surface area contributed by atoms with E-state index in [1.165, 1.54) is 18.5 Å². The average molecular weight is 289 g/mol. The Hall–Kier alpha value is -2.83. The summed E-state index contributed by atoms with van der Waals surface area (Å²) in [4.78, 5) is 27.0. The van der Waals surface area contributed by atoms with Crippen molar-refractivity contribution >= 4 is 17.6 Å². The van der Waals surface area contributed by atoms with Crippen LogP contribution in [0.25, 0.3) is 0 Å². The van der Waals surface area contributed by atoms with Crippen molar-refractivity contribution in [1.82, 2.24) is 10.3 Å². The number of furan rings is 1. The summed E-state index contributed by atoms with van der Waals surface area (Å²) < 4.78 is 4.94. The molecule has 0 fully saturated rings. The van der Waals surface area contributed by atoms with E-state index < -0.39 is 0 Å². The number of nitrogens with zero attached hydrogens (tertiary/aromatic N) is 1. The molecule has 2 heterocycles. The molecule has 2 rings (SSSR count). The Morgan fingerprint density at radius 1 is 1.29 bits per heavy atom. The molecule has 0 aliphatic carbocycles. The Balaban J connectivity index is 1.68. The van der Waals surface area contributed by atoms with Gasteiger partial charge in [-0.25, -0.2) is 4.98 Å². The SMILES string of the molecule is O=C(CCCNC(=O)c1ccco1)Nc1ncccc1O. The van der Waals surface area contributed by atoms with Crippen LogP contribution in [0, 0.1) is 0 Å². The number of amides is 2. The Labute approximate surface area is 121 Å². The summed E-state index contributed by atoms with van der Waals surface area (Å²) in [6.45, 7) is 0.348. The van der Waals surface area contributed by atoms with Gasteiger partial charge in [0.25, 0.3) is 5.91 Å². The third-order valence-corrected chi connectivity index (χ3v) is 2.66. The molecule has 0 aliphatic rings. The molecule has 0 atom stereocenters. The summed E-state index contributed by atoms with van der Waals surface area (Å²) in [5, 5.41) is 14.6. The van der Waals surface area contributed by atoms with Gasteiger partial charge in [0.2, 0.25) is 5.91 Å². The maximum absolute atomic E-state index is 11.6. The molecule has 0 bridgehead atoms. The third kappa shape index (κ3) is 4.34. The number of nitrogens with one attached hydrogen (secondary N) is 2. The minimum absolute atomic E-state index is 0.0861. The first-order chi connectivity index (χ1) is 10.2. The highest BCUT2D eigenvalue weighted by Crippen LogP contribution is 2.18. The van der Waals surface area contributed by atoms with Gasteiger partial charge in [-0.05, 0) is 30.7 Å². The quantitative estimate of drug-likeness (QED) is 0.699. The lowest BCUT2D eigenvalue weighted by atomic mass is 10.3. The Kier molecular flexibility index (Phi) is 4.92. The number of carbonyl (C=O) groups is 2. The van der Waals surface area contributed by atoms with E-state index >= 15 is 0 Å². The third-order valence-electron chi connectivity index (χ3n) is 2.66. The zero-order chi connectivity index (χ0) is 15.1. The second-order valence-corrected chi connectivity index (χ2v) is 4.26. The van der Waals surface area contributed by atoms with Crippen molar-refractivity contribution in [3.63, 3.8) is 0 Å². The lowest BCUT2D eigenvalue weighted by Crippen LogP contribution is -2.25. The van der Waals surface area contributed by atoms with Crippen molar-refractivity contribution in [3.8, 4) is 5.75 Å². The Bertz CT molecular complexity index is 610. The molecule has 7 nitrogen and oxygen atoms in total. The number of hydrogen-bond donors (Lipinski definition) is 3. The first-order valence-electron chi connectivity index (χ1n) is 6.42. The molecule has 0 aliphatic heterocycles. The fourth-order valence-corrected chi connectivity index (χ4v) is 1.63. The van der Waals surface area contributed by atoms with Crippen molar-refractivity contribution in [3.05, 3.63) is 42.5 Å². The summed E-state index contributed by atoms with van der Waals surface area (Å²) in [7, 11) is 0. The highest BCUT2D eigenvalue weighted by molar-refractivity contribution is 5.92. The summed E-state index contributed by atoms with van der Waals surface area (Å²) in [6, 6.07) is 6.19. The van der Waals surface area contributed by atoms with Gasteiger partial charge in [0.05, 0.1) is 6.26 Å². The number of aromatic hydroxyl groups is 1. The summed E-state index contributed by atoms with van der Waals surface area (Å²) in [5.74, 6) is -0.323. The first kappa shape index (κ1) is 14.6. The number of rotatable bonds is 6. The smallest absolute Gasteiger partial charge is 0.286 e. The number of anilines is 1. The van der Waals surface area contributed by atoms with Crippen LogP contribution in [-0.2, 0) is 4.79 Å². The topological polar surface area (TPSA) is 104 Å². The summed E-state index contributed by atoms with van der Waals surface area (Å²) >= 11 is 0. The van der Waals surface area contributed by atoms with Gasteiger partial charge < -0.3 is 20.2 Å². The van der Waals surface area contributed by atoms with E-state index in [0.717, 1.165) is 0 Å². The van der Waals surface area contributed by atoms with Crippen LogP contribution < -0.4 is 10.6 Å². The molecule has 7 heteroatoms. The van der Waals surface area contributed by atoms with E-state index in [1.54, 1.807) is 18.2 Å². The van der Waals surface area contributed by atoms with E-state index in [0.29, 0.717) is 13.0 Å². The summed E-state index contributed by atoms with van der Waals surface area (Å²) in [6.07, 6.45) is 3.56. The maximum atomic E-state index is 11.6. The van der Waals surface area contributed by atoms with Gasteiger partial charge in [-0.15, -0.1) is 0 Å². The van der Waals surface area contributed by atoms with Crippen molar-refractivity contribution in [1.29, 1.82) is 0 Å². The van der Waals surface area contributed by atoms with Gasteiger partial charge in [-0.1, -0.05) is 0 Å². The molecule has 0 saturated carbocycles. The van der Waals surface area contributed by atoms with Crippen LogP contribution in [0.4, 0.5) is 5.82 Å². The molecule has 0 radical (unpaired) electrons. The second kappa shape index (κ2) is 7.09. The number of hydrogen-bond acceptors (Lipinski definition) is 5. The maximum Gasteiger partial charge on any atom is 0.286 e. The van der Waals surface area contributed by atoms with E-state index in [4.69, 9.17) is 4.42 Å². The fourth-order valence-electron chi connectivity index (χ4n) is 1.63. The monoisotopic (exact) mass is 289 g/mol. The molecular weight excluding hydrogens is 274 g/mol. The fraction of sp³-hybridized carbons (Fsp3) is 0.214. The zero-order valence-corrected chi connectivity index (χ0v) is 11.2. The van der Waals surface area contributed by atoms with Crippen LogP contribution in [0.15, 0.2) is 41.1 Å². The highest BCUT2D eigenvalue weighted by atomic mass is 16.3. The number of pyridine rings is 1. The predicted octanol–water partition coefficient (Wildman–Crippen LogP) is 1.53.